The molecule has 82 valence electrons. The van der Waals surface area contributed by atoms with Crippen LogP contribution in [0, 0.1) is 12.7 Å². The molecule has 0 fully saturated rings. The first-order valence-corrected chi connectivity index (χ1v) is 4.68. The summed E-state index contributed by atoms with van der Waals surface area (Å²) in [5.41, 5.74) is 5.50. The zero-order valence-corrected chi connectivity index (χ0v) is 9.10. The zero-order valence-electron chi connectivity index (χ0n) is 9.10. The zero-order chi connectivity index (χ0) is 11.6. The van der Waals surface area contributed by atoms with E-state index in [-0.39, 0.29) is 11.7 Å². The molecule has 3 N–H and O–H groups in total. The summed E-state index contributed by atoms with van der Waals surface area (Å²) in [6, 6.07) is 4.53. The van der Waals surface area contributed by atoms with E-state index >= 15 is 0 Å². The highest BCUT2D eigenvalue weighted by atomic mass is 19.1. The van der Waals surface area contributed by atoms with Crippen LogP contribution in [-0.4, -0.2) is 11.4 Å². The van der Waals surface area contributed by atoms with Gasteiger partial charge in [-0.1, -0.05) is 6.07 Å². The lowest BCUT2D eigenvalue weighted by molar-refractivity contribution is -0.120. The predicted molar refractivity (Wildman–Crippen MR) is 58.0 cm³/mol. The van der Waals surface area contributed by atoms with Crippen molar-refractivity contribution < 1.29 is 9.18 Å². The number of anilines is 1. The lowest BCUT2D eigenvalue weighted by atomic mass is 10.1. The molecular weight excluding hydrogens is 195 g/mol. The Morgan fingerprint density at radius 3 is 2.60 bits per heavy atom. The number of carbonyl (C=O) groups excluding carboxylic acids is 1. The van der Waals surface area contributed by atoms with E-state index in [1.807, 2.05) is 0 Å². The first-order valence-electron chi connectivity index (χ1n) is 4.68. The number of nitrogens with two attached hydrogens (primary N) is 1. The number of nitrogens with one attached hydrogen (secondary N) is 1. The van der Waals surface area contributed by atoms with Gasteiger partial charge in [0.15, 0.2) is 0 Å². The van der Waals surface area contributed by atoms with E-state index in [2.05, 4.69) is 5.32 Å². The fraction of sp³-hybridized carbons (Fsp3) is 0.364. The lowest BCUT2D eigenvalue weighted by Crippen LogP contribution is -2.45. The Morgan fingerprint density at radius 2 is 2.07 bits per heavy atom. The number of hydrogen-bond acceptors (Lipinski definition) is 2. The molecular formula is C11H15FN2O. The van der Waals surface area contributed by atoms with Crippen LogP contribution in [0.1, 0.15) is 19.4 Å². The van der Waals surface area contributed by atoms with Crippen molar-refractivity contribution in [2.24, 2.45) is 5.73 Å². The fourth-order valence-corrected chi connectivity index (χ4v) is 1.03. The number of halogens is 1. The number of rotatable bonds is 2. The standard InChI is InChI=1S/C11H15FN2O/c1-7-8(12)5-4-6-9(7)14-10(15)11(2,3)13/h4-6H,13H2,1-3H3,(H,14,15). The molecule has 0 bridgehead atoms. The summed E-state index contributed by atoms with van der Waals surface area (Å²) in [6.45, 7) is 4.79. The van der Waals surface area contributed by atoms with E-state index in [1.165, 1.54) is 6.07 Å². The van der Waals surface area contributed by atoms with Crippen LogP contribution in [0.4, 0.5) is 10.1 Å². The molecule has 1 aromatic carbocycles. The van der Waals surface area contributed by atoms with Crippen molar-refractivity contribution in [3.63, 3.8) is 0 Å². The molecule has 0 aliphatic rings. The van der Waals surface area contributed by atoms with Crippen molar-refractivity contribution in [3.05, 3.63) is 29.6 Å². The molecule has 4 heteroatoms. The molecule has 0 saturated carbocycles. The first kappa shape index (κ1) is 11.7. The molecule has 3 nitrogen and oxygen atoms in total. The fourth-order valence-electron chi connectivity index (χ4n) is 1.03. The van der Waals surface area contributed by atoms with Crippen LogP contribution in [0.3, 0.4) is 0 Å². The van der Waals surface area contributed by atoms with Crippen LogP contribution in [0.15, 0.2) is 18.2 Å². The summed E-state index contributed by atoms with van der Waals surface area (Å²) in [4.78, 5) is 11.5. The van der Waals surface area contributed by atoms with Gasteiger partial charge in [-0.3, -0.25) is 4.79 Å². The van der Waals surface area contributed by atoms with Gasteiger partial charge < -0.3 is 11.1 Å². The lowest BCUT2D eigenvalue weighted by Gasteiger charge is -2.18. The average Bonchev–Trinajstić information content (AvgIpc) is 2.11. The highest BCUT2D eigenvalue weighted by Crippen LogP contribution is 2.18. The van der Waals surface area contributed by atoms with E-state index in [0.717, 1.165) is 0 Å². The number of benzene rings is 1. The molecule has 0 aromatic heterocycles. The summed E-state index contributed by atoms with van der Waals surface area (Å²) in [7, 11) is 0. The third kappa shape index (κ3) is 2.76. The van der Waals surface area contributed by atoms with Gasteiger partial charge in [-0.2, -0.15) is 0 Å². The van der Waals surface area contributed by atoms with Crippen LogP contribution >= 0.6 is 0 Å². The largest absolute Gasteiger partial charge is 0.324 e. The summed E-state index contributed by atoms with van der Waals surface area (Å²) in [6.07, 6.45) is 0. The molecule has 0 saturated heterocycles. The minimum atomic E-state index is -0.973. The molecule has 0 atom stereocenters. The Labute approximate surface area is 88.5 Å². The SMILES string of the molecule is Cc1c(F)cccc1NC(=O)C(C)(C)N. The second-order valence-electron chi connectivity index (χ2n) is 4.09. The minimum Gasteiger partial charge on any atom is -0.324 e. The van der Waals surface area contributed by atoms with Gasteiger partial charge >= 0.3 is 0 Å². The van der Waals surface area contributed by atoms with Gasteiger partial charge in [0.2, 0.25) is 5.91 Å². The Morgan fingerprint density at radius 1 is 1.47 bits per heavy atom. The molecule has 1 aromatic rings. The Kier molecular flexibility index (Phi) is 3.09. The molecule has 0 aliphatic carbocycles. The van der Waals surface area contributed by atoms with Gasteiger partial charge in [0.1, 0.15) is 5.82 Å². The highest BCUT2D eigenvalue weighted by Gasteiger charge is 2.22. The first-order chi connectivity index (χ1) is 6.82. The van der Waals surface area contributed by atoms with Crippen molar-refractivity contribution in [1.29, 1.82) is 0 Å². The normalized spacial score (nSPS) is 11.3. The van der Waals surface area contributed by atoms with Crippen LogP contribution in [0.2, 0.25) is 0 Å². The second kappa shape index (κ2) is 3.98. The summed E-state index contributed by atoms with van der Waals surface area (Å²) in [5.74, 6) is -0.682. The minimum absolute atomic E-state index is 0.337. The molecule has 1 amide bonds. The third-order valence-corrected chi connectivity index (χ3v) is 2.10. The van der Waals surface area contributed by atoms with E-state index in [9.17, 15) is 9.18 Å². The van der Waals surface area contributed by atoms with Gasteiger partial charge in [-0.05, 0) is 32.9 Å². The maximum absolute atomic E-state index is 13.1. The summed E-state index contributed by atoms with van der Waals surface area (Å²) < 4.78 is 13.1. The molecule has 0 spiro atoms. The third-order valence-electron chi connectivity index (χ3n) is 2.10. The van der Waals surface area contributed by atoms with Crippen molar-refractivity contribution in [2.75, 3.05) is 5.32 Å². The molecule has 0 radical (unpaired) electrons. The molecule has 0 aliphatic heterocycles. The average molecular weight is 210 g/mol. The van der Waals surface area contributed by atoms with Crippen LogP contribution < -0.4 is 11.1 Å². The second-order valence-corrected chi connectivity index (χ2v) is 4.09. The van der Waals surface area contributed by atoms with Gasteiger partial charge in [0, 0.05) is 11.3 Å². The summed E-state index contributed by atoms with van der Waals surface area (Å²) in [5, 5.41) is 2.59. The number of carbonyl (C=O) groups is 1. The topological polar surface area (TPSA) is 55.1 Å². The van der Waals surface area contributed by atoms with Gasteiger partial charge in [0.05, 0.1) is 5.54 Å². The van der Waals surface area contributed by atoms with E-state index in [1.54, 1.807) is 32.9 Å². The highest BCUT2D eigenvalue weighted by molar-refractivity contribution is 5.97. The Hall–Kier alpha value is -1.42. The molecule has 0 unspecified atom stereocenters. The van der Waals surface area contributed by atoms with E-state index in [0.29, 0.717) is 11.3 Å². The Balaban J connectivity index is 2.91. The monoisotopic (exact) mass is 210 g/mol. The van der Waals surface area contributed by atoms with Crippen molar-refractivity contribution in [2.45, 2.75) is 26.3 Å². The molecule has 1 rings (SSSR count). The van der Waals surface area contributed by atoms with Crippen LogP contribution in [0.25, 0.3) is 0 Å². The van der Waals surface area contributed by atoms with E-state index < -0.39 is 5.54 Å². The van der Waals surface area contributed by atoms with Crippen LogP contribution in [-0.2, 0) is 4.79 Å². The maximum atomic E-state index is 13.1. The number of amides is 1. The quantitative estimate of drug-likeness (QED) is 0.782. The molecule has 15 heavy (non-hydrogen) atoms. The van der Waals surface area contributed by atoms with Crippen molar-refractivity contribution in [3.8, 4) is 0 Å². The van der Waals surface area contributed by atoms with Gasteiger partial charge in [-0.15, -0.1) is 0 Å². The molecule has 0 heterocycles. The van der Waals surface area contributed by atoms with E-state index in [4.69, 9.17) is 5.73 Å². The smallest absolute Gasteiger partial charge is 0.243 e. The van der Waals surface area contributed by atoms with Crippen molar-refractivity contribution >= 4 is 11.6 Å². The Bertz CT molecular complexity index is 383. The van der Waals surface area contributed by atoms with Crippen LogP contribution in [0.5, 0.6) is 0 Å². The van der Waals surface area contributed by atoms with Gasteiger partial charge in [-0.25, -0.2) is 4.39 Å². The number of hydrogen-bond donors (Lipinski definition) is 2. The maximum Gasteiger partial charge on any atom is 0.243 e. The summed E-state index contributed by atoms with van der Waals surface area (Å²) >= 11 is 0. The van der Waals surface area contributed by atoms with Gasteiger partial charge in [0.25, 0.3) is 0 Å². The predicted octanol–water partition coefficient (Wildman–Crippen LogP) is 1.81. The van der Waals surface area contributed by atoms with Crippen molar-refractivity contribution in [1.82, 2.24) is 0 Å².